The van der Waals surface area contributed by atoms with E-state index in [0.717, 1.165) is 38.1 Å². The molecule has 2 nitrogen and oxygen atoms in total. The number of carbonyl (C=O) groups excluding carboxylic acids is 1. The van der Waals surface area contributed by atoms with E-state index in [0.29, 0.717) is 4.90 Å². The maximum absolute atomic E-state index is 13.0. The van der Waals surface area contributed by atoms with Crippen molar-refractivity contribution in [2.45, 2.75) is 30.6 Å². The molecule has 0 N–H and O–H groups in total. The summed E-state index contributed by atoms with van der Waals surface area (Å²) in [6.07, 6.45) is 4.48. The molecule has 5 heteroatoms. The van der Waals surface area contributed by atoms with Crippen LogP contribution in [0.4, 0.5) is 8.78 Å². The molecule has 1 saturated heterocycles. The molecule has 1 amide bonds. The van der Waals surface area contributed by atoms with Gasteiger partial charge >= 0.3 is 0 Å². The molecule has 0 radical (unpaired) electrons. The number of halogens is 2. The molecule has 0 spiro atoms. The smallest absolute Gasteiger partial charge is 0.232 e. The van der Waals surface area contributed by atoms with Crippen LogP contribution in [0.15, 0.2) is 23.1 Å². The van der Waals surface area contributed by atoms with Crippen molar-refractivity contribution >= 4 is 17.7 Å². The van der Waals surface area contributed by atoms with Crippen molar-refractivity contribution in [1.82, 2.24) is 4.90 Å². The highest BCUT2D eigenvalue weighted by Crippen LogP contribution is 2.21. The Labute approximate surface area is 116 Å². The van der Waals surface area contributed by atoms with E-state index >= 15 is 0 Å². The summed E-state index contributed by atoms with van der Waals surface area (Å²) in [5.41, 5.74) is 0. The Hall–Kier alpha value is -1.10. The molecule has 0 aliphatic carbocycles. The second-order valence-corrected chi connectivity index (χ2v) is 5.71. The summed E-state index contributed by atoms with van der Waals surface area (Å²) >= 11 is 1.25. The lowest BCUT2D eigenvalue weighted by Crippen LogP contribution is -2.33. The van der Waals surface area contributed by atoms with Gasteiger partial charge < -0.3 is 4.90 Å². The molecule has 0 atom stereocenters. The average Bonchev–Trinajstić information content (AvgIpc) is 2.69. The first-order chi connectivity index (χ1) is 9.16. The molecule has 2 rings (SSSR count). The van der Waals surface area contributed by atoms with Crippen LogP contribution >= 0.6 is 11.8 Å². The van der Waals surface area contributed by atoms with Gasteiger partial charge in [0.2, 0.25) is 5.91 Å². The number of thioether (sulfide) groups is 1. The monoisotopic (exact) mass is 285 g/mol. The van der Waals surface area contributed by atoms with Crippen LogP contribution in [-0.4, -0.2) is 29.6 Å². The van der Waals surface area contributed by atoms with Crippen molar-refractivity contribution in [1.29, 1.82) is 0 Å². The third-order valence-electron chi connectivity index (χ3n) is 3.21. The summed E-state index contributed by atoms with van der Waals surface area (Å²) in [7, 11) is 0. The lowest BCUT2D eigenvalue weighted by Gasteiger charge is -2.19. The van der Waals surface area contributed by atoms with Crippen molar-refractivity contribution < 1.29 is 13.6 Å². The van der Waals surface area contributed by atoms with Gasteiger partial charge in [0.1, 0.15) is 0 Å². The minimum atomic E-state index is -0.868. The molecule has 1 heterocycles. The van der Waals surface area contributed by atoms with E-state index in [1.54, 1.807) is 0 Å². The Morgan fingerprint density at radius 1 is 1.11 bits per heavy atom. The molecule has 1 fully saturated rings. The number of likely N-dealkylation sites (tertiary alicyclic amines) is 1. The maximum Gasteiger partial charge on any atom is 0.232 e. The summed E-state index contributed by atoms with van der Waals surface area (Å²) in [4.78, 5) is 14.5. The molecular weight excluding hydrogens is 268 g/mol. The average molecular weight is 285 g/mol. The fraction of sp³-hybridized carbons (Fsp3) is 0.500. The quantitative estimate of drug-likeness (QED) is 0.793. The van der Waals surface area contributed by atoms with Gasteiger partial charge in [0.25, 0.3) is 0 Å². The third kappa shape index (κ3) is 4.20. The van der Waals surface area contributed by atoms with Crippen molar-refractivity contribution in [3.8, 4) is 0 Å². The largest absolute Gasteiger partial charge is 0.342 e. The van der Waals surface area contributed by atoms with Gasteiger partial charge in [0.05, 0.1) is 5.75 Å². The van der Waals surface area contributed by atoms with Crippen molar-refractivity contribution in [2.75, 3.05) is 18.8 Å². The van der Waals surface area contributed by atoms with Crippen molar-refractivity contribution in [2.24, 2.45) is 0 Å². The number of rotatable bonds is 3. The van der Waals surface area contributed by atoms with Crippen molar-refractivity contribution in [3.63, 3.8) is 0 Å². The van der Waals surface area contributed by atoms with Crippen LogP contribution in [0.25, 0.3) is 0 Å². The summed E-state index contributed by atoms with van der Waals surface area (Å²) < 4.78 is 25.8. The van der Waals surface area contributed by atoms with Crippen LogP contribution in [0.5, 0.6) is 0 Å². The van der Waals surface area contributed by atoms with Crippen molar-refractivity contribution in [3.05, 3.63) is 29.8 Å². The standard InChI is InChI=1S/C14H17F2NOS/c15-12-6-5-11(9-13(12)16)19-10-14(18)17-7-3-1-2-4-8-17/h5-6,9H,1-4,7-8,10H2. The van der Waals surface area contributed by atoms with E-state index in [2.05, 4.69) is 0 Å². The Kier molecular flexibility index (Phi) is 5.19. The lowest BCUT2D eigenvalue weighted by molar-refractivity contribution is -0.128. The van der Waals surface area contributed by atoms with E-state index in [9.17, 15) is 13.6 Å². The zero-order valence-corrected chi connectivity index (χ0v) is 11.5. The van der Waals surface area contributed by atoms with E-state index in [1.807, 2.05) is 4.90 Å². The molecule has 104 valence electrons. The van der Waals surface area contributed by atoms with Crippen LogP contribution in [0.1, 0.15) is 25.7 Å². The molecule has 0 aromatic heterocycles. The molecule has 1 aliphatic heterocycles. The van der Waals surface area contributed by atoms with Crippen LogP contribution in [0, 0.1) is 11.6 Å². The predicted molar refractivity (Wildman–Crippen MR) is 72.1 cm³/mol. The lowest BCUT2D eigenvalue weighted by atomic mass is 10.2. The van der Waals surface area contributed by atoms with Gasteiger partial charge in [-0.3, -0.25) is 4.79 Å². The number of benzene rings is 1. The number of amides is 1. The Morgan fingerprint density at radius 2 is 1.79 bits per heavy atom. The molecule has 0 unspecified atom stereocenters. The summed E-state index contributed by atoms with van der Waals surface area (Å²) in [5.74, 6) is -1.36. The molecule has 1 aromatic carbocycles. The zero-order chi connectivity index (χ0) is 13.7. The Balaban J connectivity index is 1.86. The highest BCUT2D eigenvalue weighted by atomic mass is 32.2. The van der Waals surface area contributed by atoms with Gasteiger partial charge in [-0.2, -0.15) is 0 Å². The topological polar surface area (TPSA) is 20.3 Å². The molecule has 1 aliphatic rings. The van der Waals surface area contributed by atoms with E-state index in [4.69, 9.17) is 0 Å². The van der Waals surface area contributed by atoms with E-state index < -0.39 is 11.6 Å². The molecule has 0 saturated carbocycles. The summed E-state index contributed by atoms with van der Waals surface area (Å²) in [6.45, 7) is 1.63. The first-order valence-corrected chi connectivity index (χ1v) is 7.51. The molecular formula is C14H17F2NOS. The Morgan fingerprint density at radius 3 is 2.42 bits per heavy atom. The van der Waals surface area contributed by atoms with Crippen LogP contribution in [-0.2, 0) is 4.79 Å². The molecule has 1 aromatic rings. The van der Waals surface area contributed by atoms with Crippen LogP contribution < -0.4 is 0 Å². The fourth-order valence-electron chi connectivity index (χ4n) is 2.12. The number of hydrogen-bond acceptors (Lipinski definition) is 2. The molecule has 0 bridgehead atoms. The zero-order valence-electron chi connectivity index (χ0n) is 10.7. The molecule has 19 heavy (non-hydrogen) atoms. The SMILES string of the molecule is O=C(CSc1ccc(F)c(F)c1)N1CCCCCC1. The second-order valence-electron chi connectivity index (χ2n) is 4.66. The van der Waals surface area contributed by atoms with Gasteiger partial charge in [-0.15, -0.1) is 11.8 Å². The van der Waals surface area contributed by atoms with Crippen LogP contribution in [0.3, 0.4) is 0 Å². The second kappa shape index (κ2) is 6.89. The van der Waals surface area contributed by atoms with Gasteiger partial charge in [-0.1, -0.05) is 12.8 Å². The van der Waals surface area contributed by atoms with Gasteiger partial charge in [0.15, 0.2) is 11.6 Å². The third-order valence-corrected chi connectivity index (χ3v) is 4.19. The highest BCUT2D eigenvalue weighted by Gasteiger charge is 2.15. The maximum atomic E-state index is 13.0. The Bertz CT molecular complexity index is 445. The van der Waals surface area contributed by atoms with Gasteiger partial charge in [-0.25, -0.2) is 8.78 Å². The van der Waals surface area contributed by atoms with Crippen LogP contribution in [0.2, 0.25) is 0 Å². The van der Waals surface area contributed by atoms with Gasteiger partial charge in [-0.05, 0) is 31.0 Å². The number of hydrogen-bond donors (Lipinski definition) is 0. The summed E-state index contributed by atoms with van der Waals surface area (Å²) in [6, 6.07) is 3.72. The number of carbonyl (C=O) groups is 1. The minimum absolute atomic E-state index is 0.0802. The normalized spacial score (nSPS) is 16.2. The van der Waals surface area contributed by atoms with Gasteiger partial charge in [0, 0.05) is 18.0 Å². The minimum Gasteiger partial charge on any atom is -0.342 e. The fourth-order valence-corrected chi connectivity index (χ4v) is 2.95. The van der Waals surface area contributed by atoms with E-state index in [-0.39, 0.29) is 11.7 Å². The first kappa shape index (κ1) is 14.3. The summed E-state index contributed by atoms with van der Waals surface area (Å²) in [5, 5.41) is 0. The van der Waals surface area contributed by atoms with E-state index in [1.165, 1.54) is 30.7 Å². The number of nitrogens with zero attached hydrogens (tertiary/aromatic N) is 1. The highest BCUT2D eigenvalue weighted by molar-refractivity contribution is 8.00. The first-order valence-electron chi connectivity index (χ1n) is 6.52. The predicted octanol–water partition coefficient (Wildman–Crippen LogP) is 3.46.